The molecule has 2 heterocycles. The Kier molecular flexibility index (Phi) is 3.36. The van der Waals surface area contributed by atoms with E-state index in [2.05, 4.69) is 27.4 Å². The molecule has 0 spiro atoms. The van der Waals surface area contributed by atoms with E-state index in [0.29, 0.717) is 15.9 Å². The third-order valence-corrected chi connectivity index (χ3v) is 2.51. The smallest absolute Gasteiger partial charge is 0.161 e. The van der Waals surface area contributed by atoms with Gasteiger partial charge in [0.25, 0.3) is 0 Å². The quantitative estimate of drug-likeness (QED) is 0.848. The number of nitrogens with zero attached hydrogens (tertiary/aromatic N) is 5. The van der Waals surface area contributed by atoms with Gasteiger partial charge in [-0.3, -0.25) is 0 Å². The number of hydrogen-bond donors (Lipinski definition) is 0. The summed E-state index contributed by atoms with van der Waals surface area (Å²) in [5, 5.41) is 15.8. The molecule has 0 amide bonds. The van der Waals surface area contributed by atoms with Crippen molar-refractivity contribution in [1.82, 2.24) is 25.2 Å². The molecule has 0 saturated heterocycles. The van der Waals surface area contributed by atoms with Crippen LogP contribution in [0.2, 0.25) is 10.3 Å². The summed E-state index contributed by atoms with van der Waals surface area (Å²) >= 11 is 11.7. The predicted octanol–water partition coefficient (Wildman–Crippen LogP) is 2.45. The Balaban J connectivity index is 2.49. The van der Waals surface area contributed by atoms with Crippen LogP contribution in [0.15, 0.2) is 12.3 Å². The van der Waals surface area contributed by atoms with Crippen molar-refractivity contribution in [3.8, 4) is 11.3 Å². The largest absolute Gasteiger partial charge is 0.245 e. The number of hydrogen-bond acceptors (Lipinski definition) is 4. The van der Waals surface area contributed by atoms with Crippen molar-refractivity contribution in [3.05, 3.63) is 22.6 Å². The molecule has 0 unspecified atom stereocenters. The minimum absolute atomic E-state index is 0.295. The van der Waals surface area contributed by atoms with E-state index >= 15 is 0 Å². The lowest BCUT2D eigenvalue weighted by atomic mass is 10.2. The van der Waals surface area contributed by atoms with Gasteiger partial charge in [0.05, 0.1) is 11.9 Å². The average Bonchev–Trinajstić information content (AvgIpc) is 2.70. The summed E-state index contributed by atoms with van der Waals surface area (Å²) in [6.45, 7) is 2.83. The van der Waals surface area contributed by atoms with Crippen LogP contribution >= 0.6 is 23.2 Å². The summed E-state index contributed by atoms with van der Waals surface area (Å²) in [5.74, 6) is 0. The minimum atomic E-state index is 0.295. The lowest BCUT2D eigenvalue weighted by molar-refractivity contribution is 0.584. The first-order valence-corrected chi connectivity index (χ1v) is 5.55. The van der Waals surface area contributed by atoms with Gasteiger partial charge in [0.15, 0.2) is 10.3 Å². The maximum atomic E-state index is 5.96. The second-order valence-corrected chi connectivity index (χ2v) is 3.96. The molecule has 0 N–H and O–H groups in total. The SMILES string of the molecule is CCCn1nncc1-c1cc(Cl)nnc1Cl. The summed E-state index contributed by atoms with van der Waals surface area (Å²) in [6.07, 6.45) is 2.59. The van der Waals surface area contributed by atoms with E-state index < -0.39 is 0 Å². The molecule has 2 aromatic heterocycles. The van der Waals surface area contributed by atoms with Crippen molar-refractivity contribution in [2.24, 2.45) is 0 Å². The maximum absolute atomic E-state index is 5.96. The van der Waals surface area contributed by atoms with Crippen LogP contribution in [0, 0.1) is 0 Å². The molecule has 2 aromatic rings. The summed E-state index contributed by atoms with van der Waals surface area (Å²) in [6, 6.07) is 1.65. The van der Waals surface area contributed by atoms with Crippen molar-refractivity contribution in [2.45, 2.75) is 19.9 Å². The zero-order chi connectivity index (χ0) is 11.5. The van der Waals surface area contributed by atoms with Gasteiger partial charge in [-0.05, 0) is 12.5 Å². The number of halogens is 2. The Labute approximate surface area is 102 Å². The van der Waals surface area contributed by atoms with E-state index in [1.54, 1.807) is 16.9 Å². The van der Waals surface area contributed by atoms with E-state index in [4.69, 9.17) is 23.2 Å². The molecule has 0 atom stereocenters. The van der Waals surface area contributed by atoms with Gasteiger partial charge in [-0.2, -0.15) is 0 Å². The van der Waals surface area contributed by atoms with E-state index in [9.17, 15) is 0 Å². The van der Waals surface area contributed by atoms with Gasteiger partial charge in [-0.1, -0.05) is 35.3 Å². The number of aromatic nitrogens is 5. The van der Waals surface area contributed by atoms with E-state index in [0.717, 1.165) is 18.7 Å². The van der Waals surface area contributed by atoms with Gasteiger partial charge in [-0.15, -0.1) is 15.3 Å². The second-order valence-electron chi connectivity index (χ2n) is 3.21. The Morgan fingerprint density at radius 1 is 1.31 bits per heavy atom. The highest BCUT2D eigenvalue weighted by atomic mass is 35.5. The van der Waals surface area contributed by atoms with Crippen LogP contribution in [0.4, 0.5) is 0 Å². The molecular weight excluding hydrogens is 249 g/mol. The topological polar surface area (TPSA) is 56.5 Å². The second kappa shape index (κ2) is 4.76. The third-order valence-electron chi connectivity index (χ3n) is 2.05. The average molecular weight is 258 g/mol. The Bertz CT molecular complexity index is 496. The van der Waals surface area contributed by atoms with Crippen LogP contribution in [-0.2, 0) is 6.54 Å². The highest BCUT2D eigenvalue weighted by molar-refractivity contribution is 6.33. The first kappa shape index (κ1) is 11.3. The lowest BCUT2D eigenvalue weighted by Gasteiger charge is -2.05. The van der Waals surface area contributed by atoms with E-state index in [1.165, 1.54) is 0 Å². The minimum Gasteiger partial charge on any atom is -0.245 e. The predicted molar refractivity (Wildman–Crippen MR) is 61.4 cm³/mol. The van der Waals surface area contributed by atoms with E-state index in [1.807, 2.05) is 0 Å². The molecule has 0 saturated carbocycles. The highest BCUT2D eigenvalue weighted by Crippen LogP contribution is 2.26. The summed E-state index contributed by atoms with van der Waals surface area (Å²) in [4.78, 5) is 0. The summed E-state index contributed by atoms with van der Waals surface area (Å²) < 4.78 is 1.76. The molecule has 0 aliphatic carbocycles. The molecule has 0 bridgehead atoms. The fourth-order valence-electron chi connectivity index (χ4n) is 1.38. The molecule has 0 aromatic carbocycles. The van der Waals surface area contributed by atoms with Crippen molar-refractivity contribution >= 4 is 23.2 Å². The van der Waals surface area contributed by atoms with Crippen molar-refractivity contribution in [2.75, 3.05) is 0 Å². The Morgan fingerprint density at radius 2 is 2.12 bits per heavy atom. The maximum Gasteiger partial charge on any atom is 0.161 e. The number of aryl methyl sites for hydroxylation is 1. The van der Waals surface area contributed by atoms with Crippen LogP contribution in [0.25, 0.3) is 11.3 Å². The van der Waals surface area contributed by atoms with Gasteiger partial charge in [0.1, 0.15) is 0 Å². The van der Waals surface area contributed by atoms with Crippen LogP contribution in [0.1, 0.15) is 13.3 Å². The van der Waals surface area contributed by atoms with Crippen LogP contribution in [0.5, 0.6) is 0 Å². The molecule has 7 heteroatoms. The highest BCUT2D eigenvalue weighted by Gasteiger charge is 2.12. The number of rotatable bonds is 3. The molecular formula is C9H9Cl2N5. The zero-order valence-corrected chi connectivity index (χ0v) is 10.1. The van der Waals surface area contributed by atoms with E-state index in [-0.39, 0.29) is 0 Å². The zero-order valence-electron chi connectivity index (χ0n) is 8.56. The fraction of sp³-hybridized carbons (Fsp3) is 0.333. The molecule has 0 aliphatic heterocycles. The van der Waals surface area contributed by atoms with Gasteiger partial charge in [0.2, 0.25) is 0 Å². The summed E-state index contributed by atoms with van der Waals surface area (Å²) in [5.41, 5.74) is 1.49. The standard InChI is InChI=1S/C9H9Cl2N5/c1-2-3-16-7(5-12-15-16)6-4-8(10)13-14-9(6)11/h4-5H,2-3H2,1H3. The normalized spacial score (nSPS) is 10.7. The molecule has 0 fully saturated rings. The van der Waals surface area contributed by atoms with Crippen LogP contribution in [0.3, 0.4) is 0 Å². The van der Waals surface area contributed by atoms with Crippen molar-refractivity contribution < 1.29 is 0 Å². The molecule has 5 nitrogen and oxygen atoms in total. The van der Waals surface area contributed by atoms with Crippen LogP contribution < -0.4 is 0 Å². The van der Waals surface area contributed by atoms with Gasteiger partial charge >= 0.3 is 0 Å². The molecule has 84 valence electrons. The molecule has 0 radical (unpaired) electrons. The van der Waals surface area contributed by atoms with Crippen molar-refractivity contribution in [1.29, 1.82) is 0 Å². The van der Waals surface area contributed by atoms with Crippen molar-refractivity contribution in [3.63, 3.8) is 0 Å². The third kappa shape index (κ3) is 2.15. The summed E-state index contributed by atoms with van der Waals surface area (Å²) in [7, 11) is 0. The van der Waals surface area contributed by atoms with Gasteiger partial charge in [0, 0.05) is 12.1 Å². The first-order chi connectivity index (χ1) is 7.72. The molecule has 16 heavy (non-hydrogen) atoms. The van der Waals surface area contributed by atoms with Gasteiger partial charge < -0.3 is 0 Å². The Morgan fingerprint density at radius 3 is 2.88 bits per heavy atom. The lowest BCUT2D eigenvalue weighted by Crippen LogP contribution is -2.02. The van der Waals surface area contributed by atoms with Gasteiger partial charge in [-0.25, -0.2) is 4.68 Å². The monoisotopic (exact) mass is 257 g/mol. The molecule has 0 aliphatic rings. The van der Waals surface area contributed by atoms with Crippen LogP contribution in [-0.4, -0.2) is 25.2 Å². The molecule has 2 rings (SSSR count). The first-order valence-electron chi connectivity index (χ1n) is 4.80. The Hall–Kier alpha value is -1.20. The fourth-order valence-corrected chi connectivity index (χ4v) is 1.71.